The zero-order chi connectivity index (χ0) is 15.9. The molecule has 2 aromatic rings. The third-order valence-corrected chi connectivity index (χ3v) is 3.54. The molecule has 2 rings (SSSR count). The van der Waals surface area contributed by atoms with Crippen molar-refractivity contribution in [2.45, 2.75) is 0 Å². The van der Waals surface area contributed by atoms with E-state index in [1.807, 2.05) is 30.3 Å². The zero-order valence-electron chi connectivity index (χ0n) is 11.2. The van der Waals surface area contributed by atoms with Crippen LogP contribution in [0.2, 0.25) is 10.0 Å². The zero-order valence-corrected chi connectivity index (χ0v) is 13.5. The minimum atomic E-state index is -0.527. The fourth-order valence-electron chi connectivity index (χ4n) is 1.55. The van der Waals surface area contributed by atoms with E-state index in [-0.39, 0.29) is 10.1 Å². The van der Waals surface area contributed by atoms with Crippen molar-refractivity contribution in [3.63, 3.8) is 0 Å². The Hall–Kier alpha value is -2.02. The predicted octanol–water partition coefficient (Wildman–Crippen LogP) is 4.02. The van der Waals surface area contributed by atoms with Crippen molar-refractivity contribution in [3.8, 4) is 0 Å². The Labute approximate surface area is 143 Å². The molecule has 2 amide bonds. The number of nitrogens with one attached hydrogen (secondary N) is 4. The fraction of sp³-hybridized carbons (Fsp3) is 0. The van der Waals surface area contributed by atoms with Crippen LogP contribution in [0.25, 0.3) is 0 Å². The van der Waals surface area contributed by atoms with Crippen molar-refractivity contribution < 1.29 is 4.79 Å². The summed E-state index contributed by atoms with van der Waals surface area (Å²) < 4.78 is 0. The molecule has 0 saturated carbocycles. The van der Waals surface area contributed by atoms with Crippen LogP contribution in [-0.2, 0) is 0 Å². The molecule has 0 spiro atoms. The molecule has 0 radical (unpaired) electrons. The molecule has 8 heteroatoms. The minimum absolute atomic E-state index is 0.249. The second-order valence-corrected chi connectivity index (χ2v) is 5.32. The van der Waals surface area contributed by atoms with Crippen LogP contribution in [0.5, 0.6) is 0 Å². The van der Waals surface area contributed by atoms with Crippen molar-refractivity contribution in [2.75, 3.05) is 10.6 Å². The molecule has 5 nitrogen and oxygen atoms in total. The van der Waals surface area contributed by atoms with E-state index in [1.54, 1.807) is 18.2 Å². The predicted molar refractivity (Wildman–Crippen MR) is 94.4 cm³/mol. The highest BCUT2D eigenvalue weighted by Gasteiger charge is 2.08. The highest BCUT2D eigenvalue weighted by molar-refractivity contribution is 7.80. The van der Waals surface area contributed by atoms with Crippen LogP contribution in [0.4, 0.5) is 16.2 Å². The first-order chi connectivity index (χ1) is 10.6. The molecule has 0 aliphatic heterocycles. The highest BCUT2D eigenvalue weighted by Crippen LogP contribution is 2.29. The van der Waals surface area contributed by atoms with Gasteiger partial charge in [-0.1, -0.05) is 47.5 Å². The summed E-state index contributed by atoms with van der Waals surface area (Å²) >= 11 is 16.9. The minimum Gasteiger partial charge on any atom is -0.331 e. The Kier molecular flexibility index (Phi) is 5.83. The van der Waals surface area contributed by atoms with Crippen LogP contribution >= 0.6 is 35.4 Å². The number of urea groups is 1. The van der Waals surface area contributed by atoms with Gasteiger partial charge in [0.15, 0.2) is 5.11 Å². The molecule has 114 valence electrons. The van der Waals surface area contributed by atoms with E-state index in [0.717, 1.165) is 5.69 Å². The monoisotopic (exact) mass is 354 g/mol. The largest absolute Gasteiger partial charge is 0.337 e. The standard InChI is InChI=1S/C14H12Cl2N4OS/c15-10-7-4-8-11(12(10)16)18-13(21)19-20-14(22)17-9-5-2-1-3-6-9/h1-8H,(H2,17,20,22)(H2,18,19,21). The van der Waals surface area contributed by atoms with E-state index < -0.39 is 6.03 Å². The van der Waals surface area contributed by atoms with Crippen LogP contribution < -0.4 is 21.5 Å². The topological polar surface area (TPSA) is 65.2 Å². The molecule has 0 aliphatic rings. The van der Waals surface area contributed by atoms with Crippen LogP contribution in [0.3, 0.4) is 0 Å². The van der Waals surface area contributed by atoms with E-state index in [4.69, 9.17) is 35.4 Å². The van der Waals surface area contributed by atoms with Gasteiger partial charge in [-0.3, -0.25) is 5.43 Å². The van der Waals surface area contributed by atoms with E-state index in [2.05, 4.69) is 21.5 Å². The Balaban J connectivity index is 1.83. The van der Waals surface area contributed by atoms with Gasteiger partial charge in [0.25, 0.3) is 0 Å². The molecule has 0 unspecified atom stereocenters. The number of rotatable bonds is 2. The van der Waals surface area contributed by atoms with Crippen LogP contribution in [-0.4, -0.2) is 11.1 Å². The molecule has 0 aromatic heterocycles. The summed E-state index contributed by atoms with van der Waals surface area (Å²) in [5, 5.41) is 6.34. The van der Waals surface area contributed by atoms with Gasteiger partial charge in [-0.15, -0.1) is 0 Å². The van der Waals surface area contributed by atoms with Gasteiger partial charge in [-0.2, -0.15) is 0 Å². The van der Waals surface area contributed by atoms with Gasteiger partial charge in [-0.05, 0) is 36.5 Å². The molecule has 0 fully saturated rings. The van der Waals surface area contributed by atoms with Crippen molar-refractivity contribution in [2.24, 2.45) is 0 Å². The molecule has 0 aliphatic carbocycles. The number of hydrogen-bond acceptors (Lipinski definition) is 2. The molecule has 0 heterocycles. The summed E-state index contributed by atoms with van der Waals surface area (Å²) in [6, 6.07) is 13.7. The van der Waals surface area contributed by atoms with Crippen LogP contribution in [0.1, 0.15) is 0 Å². The third-order valence-electron chi connectivity index (χ3n) is 2.52. The second kappa shape index (κ2) is 7.84. The lowest BCUT2D eigenvalue weighted by atomic mass is 10.3. The van der Waals surface area contributed by atoms with E-state index in [9.17, 15) is 4.79 Å². The summed E-state index contributed by atoms with van der Waals surface area (Å²) in [7, 11) is 0. The van der Waals surface area contributed by atoms with Gasteiger partial charge in [0.2, 0.25) is 0 Å². The normalized spacial score (nSPS) is 9.73. The van der Waals surface area contributed by atoms with Gasteiger partial charge in [-0.25, -0.2) is 10.2 Å². The van der Waals surface area contributed by atoms with Gasteiger partial charge in [0.05, 0.1) is 15.7 Å². The summed E-state index contributed by atoms with van der Waals surface area (Å²) in [4.78, 5) is 11.8. The molecule has 0 bridgehead atoms. The summed E-state index contributed by atoms with van der Waals surface area (Å²) in [6.07, 6.45) is 0. The molecule has 4 N–H and O–H groups in total. The summed E-state index contributed by atoms with van der Waals surface area (Å²) in [6.45, 7) is 0. The number of anilines is 2. The average molecular weight is 355 g/mol. The fourth-order valence-corrected chi connectivity index (χ4v) is 2.07. The molecule has 0 atom stereocenters. The SMILES string of the molecule is O=C(NNC(=S)Nc1ccccc1)Nc1cccc(Cl)c1Cl. The van der Waals surface area contributed by atoms with E-state index >= 15 is 0 Å². The first kappa shape index (κ1) is 16.4. The number of amides is 2. The third kappa shape index (κ3) is 4.77. The molecule has 22 heavy (non-hydrogen) atoms. The number of benzene rings is 2. The molecule has 2 aromatic carbocycles. The number of hydrazine groups is 1. The number of hydrogen-bond donors (Lipinski definition) is 4. The van der Waals surface area contributed by atoms with Gasteiger partial charge < -0.3 is 10.6 Å². The molecular weight excluding hydrogens is 343 g/mol. The van der Waals surface area contributed by atoms with Crippen molar-refractivity contribution in [1.82, 2.24) is 10.9 Å². The first-order valence-corrected chi connectivity index (χ1v) is 7.36. The number of carbonyl (C=O) groups is 1. The average Bonchev–Trinajstić information content (AvgIpc) is 2.51. The first-order valence-electron chi connectivity index (χ1n) is 6.19. The maximum atomic E-state index is 11.8. The number of para-hydroxylation sites is 1. The van der Waals surface area contributed by atoms with Crippen molar-refractivity contribution >= 4 is 57.9 Å². The number of halogens is 2. The summed E-state index contributed by atoms with van der Waals surface area (Å²) in [5.74, 6) is 0. The summed E-state index contributed by atoms with van der Waals surface area (Å²) in [5.41, 5.74) is 6.16. The lowest BCUT2D eigenvalue weighted by Gasteiger charge is -2.13. The maximum Gasteiger partial charge on any atom is 0.337 e. The lowest BCUT2D eigenvalue weighted by molar-refractivity contribution is 0.250. The van der Waals surface area contributed by atoms with Crippen LogP contribution in [0.15, 0.2) is 48.5 Å². The Bertz CT molecular complexity index is 682. The quantitative estimate of drug-likeness (QED) is 0.485. The van der Waals surface area contributed by atoms with Gasteiger partial charge in [0.1, 0.15) is 0 Å². The Morgan fingerprint density at radius 1 is 0.909 bits per heavy atom. The van der Waals surface area contributed by atoms with Crippen LogP contribution in [0, 0.1) is 0 Å². The Morgan fingerprint density at radius 2 is 1.64 bits per heavy atom. The highest BCUT2D eigenvalue weighted by atomic mass is 35.5. The number of thiocarbonyl (C=S) groups is 1. The smallest absolute Gasteiger partial charge is 0.331 e. The molecular formula is C14H12Cl2N4OS. The number of carbonyl (C=O) groups excluding carboxylic acids is 1. The van der Waals surface area contributed by atoms with Crippen molar-refractivity contribution in [3.05, 3.63) is 58.6 Å². The maximum absolute atomic E-state index is 11.8. The lowest BCUT2D eigenvalue weighted by Crippen LogP contribution is -2.45. The molecule has 0 saturated heterocycles. The van der Waals surface area contributed by atoms with E-state index in [1.165, 1.54) is 0 Å². The van der Waals surface area contributed by atoms with E-state index in [0.29, 0.717) is 10.7 Å². The van der Waals surface area contributed by atoms with Crippen molar-refractivity contribution in [1.29, 1.82) is 0 Å². The Morgan fingerprint density at radius 3 is 2.36 bits per heavy atom. The second-order valence-electron chi connectivity index (χ2n) is 4.13. The van der Waals surface area contributed by atoms with Gasteiger partial charge in [0, 0.05) is 5.69 Å². The van der Waals surface area contributed by atoms with Gasteiger partial charge >= 0.3 is 6.03 Å².